The van der Waals surface area contributed by atoms with Gasteiger partial charge in [0.25, 0.3) is 0 Å². The van der Waals surface area contributed by atoms with Gasteiger partial charge in [-0.05, 0) is 225 Å². The highest BCUT2D eigenvalue weighted by Gasteiger charge is 2.41. The van der Waals surface area contributed by atoms with Crippen molar-refractivity contribution in [3.05, 3.63) is 304 Å². The molecule has 12 rings (SSSR count). The number of ketones is 4. The van der Waals surface area contributed by atoms with Crippen molar-refractivity contribution in [1.29, 1.82) is 0 Å². The first-order chi connectivity index (χ1) is 55.6. The molecule has 0 aliphatic heterocycles. The zero-order valence-electron chi connectivity index (χ0n) is 71.6. The van der Waals surface area contributed by atoms with Gasteiger partial charge in [-0.25, -0.2) is 0 Å². The predicted molar refractivity (Wildman–Crippen MR) is 467 cm³/mol. The maximum absolute atomic E-state index is 13.4. The number of carbonyl (C=O) groups is 4. The van der Waals surface area contributed by atoms with Crippen molar-refractivity contribution in [2.45, 2.75) is 189 Å². The first-order valence-corrected chi connectivity index (χ1v) is 40.0. The van der Waals surface area contributed by atoms with E-state index in [0.717, 1.165) is 157 Å². The van der Waals surface area contributed by atoms with Crippen LogP contribution in [0.1, 0.15) is 190 Å². The molecule has 0 spiro atoms. The SMILES string of the molecule is CON=C(C)CC1CC(=O)C(c2c(C)cc(C)cc2C)=C1OCc1ccccc1.CON=C(C)CC1CC(=O)C(c2c(C)cc(C)cc2C)=C1OCc1ccccc1.CON=C(C)CC1CC(OCc2ccccc2)=C(c2c(C)cc(C)cc2C)C1=O.CON=C(C)CC1CC(OCc2ccccc2)=C(c2c(C)cc(C)cc2C)C1=O. The molecule has 0 saturated heterocycles. The Hall–Kier alpha value is -11.5. The van der Waals surface area contributed by atoms with E-state index in [9.17, 15) is 19.2 Å². The quantitative estimate of drug-likeness (QED) is 0.0333. The highest BCUT2D eigenvalue weighted by atomic mass is 16.6. The fourth-order valence-electron chi connectivity index (χ4n) is 16.8. The molecular weight excluding hydrogens is 1450 g/mol. The molecule has 608 valence electrons. The first kappa shape index (κ1) is 88.4. The summed E-state index contributed by atoms with van der Waals surface area (Å²) in [7, 11) is 6.13. The van der Waals surface area contributed by atoms with E-state index in [1.807, 2.05) is 149 Å². The number of allylic oxidation sites excluding steroid dienone is 8. The molecule has 8 aromatic carbocycles. The second-order valence-corrected chi connectivity index (χ2v) is 31.3. The summed E-state index contributed by atoms with van der Waals surface area (Å²) in [6, 6.07) is 57.2. The summed E-state index contributed by atoms with van der Waals surface area (Å²) in [6.07, 6.45) is 4.45. The maximum atomic E-state index is 13.4. The topological polar surface area (TPSA) is 192 Å². The third-order valence-corrected chi connectivity index (χ3v) is 21.2. The van der Waals surface area contributed by atoms with Crippen LogP contribution in [0.5, 0.6) is 0 Å². The number of aryl methyl sites for hydroxylation is 12. The van der Waals surface area contributed by atoms with Crippen molar-refractivity contribution in [3.8, 4) is 0 Å². The lowest BCUT2D eigenvalue weighted by Crippen LogP contribution is -2.14. The van der Waals surface area contributed by atoms with Crippen LogP contribution in [0.25, 0.3) is 22.3 Å². The third kappa shape index (κ3) is 23.4. The minimum absolute atomic E-state index is 0.0276. The second kappa shape index (κ2) is 42.2. The fourth-order valence-corrected chi connectivity index (χ4v) is 16.8. The largest absolute Gasteiger partial charge is 0.492 e. The summed E-state index contributed by atoms with van der Waals surface area (Å²) in [4.78, 5) is 72.7. The number of ether oxygens (including phenoxy) is 4. The second-order valence-electron chi connectivity index (χ2n) is 31.3. The standard InChI is InChI=1S/4C25H29NO3/c2*1-16-11-17(2)23(18(3)12-16)24-22(29-15-20-9-7-6-8-10-20)14-21(25(24)27)13-19(4)26-28-5;2*1-16-11-17(2)23(18(3)12-16)24-22(27)14-21(13-19(4)26-28-5)25(24)29-15-20-9-7-6-8-10-20/h4*6-12,21H,13-15H2,1-5H3. The van der Waals surface area contributed by atoms with Gasteiger partial charge in [0, 0.05) is 49.4 Å². The van der Waals surface area contributed by atoms with Gasteiger partial charge in [-0.2, -0.15) is 0 Å². The van der Waals surface area contributed by atoms with Crippen molar-refractivity contribution in [1.82, 2.24) is 0 Å². The van der Waals surface area contributed by atoms with Crippen molar-refractivity contribution in [2.24, 2.45) is 44.3 Å². The molecule has 116 heavy (non-hydrogen) atoms. The molecule has 4 aliphatic rings. The van der Waals surface area contributed by atoms with Crippen molar-refractivity contribution < 1.29 is 57.5 Å². The molecule has 0 aromatic heterocycles. The molecule has 0 amide bonds. The number of rotatable bonds is 28. The lowest BCUT2D eigenvalue weighted by molar-refractivity contribution is -0.117. The maximum Gasteiger partial charge on any atom is 0.170 e. The van der Waals surface area contributed by atoms with Crippen molar-refractivity contribution in [3.63, 3.8) is 0 Å². The molecule has 0 N–H and O–H groups in total. The van der Waals surface area contributed by atoms with E-state index in [4.69, 9.17) is 38.3 Å². The fraction of sp³-hybridized carbons (Fsp3) is 0.360. The Morgan fingerprint density at radius 2 is 0.509 bits per heavy atom. The smallest absolute Gasteiger partial charge is 0.170 e. The van der Waals surface area contributed by atoms with Gasteiger partial charge >= 0.3 is 0 Å². The van der Waals surface area contributed by atoms with Crippen molar-refractivity contribution in [2.75, 3.05) is 28.4 Å². The first-order valence-electron chi connectivity index (χ1n) is 40.0. The molecule has 8 aromatic rings. The summed E-state index contributed by atoms with van der Waals surface area (Å²) in [5.74, 6) is 3.26. The Morgan fingerprint density at radius 1 is 0.293 bits per heavy atom. The highest BCUT2D eigenvalue weighted by Crippen LogP contribution is 2.46. The summed E-state index contributed by atoms with van der Waals surface area (Å²) in [5.41, 5.74) is 28.2. The van der Waals surface area contributed by atoms with Crippen LogP contribution in [-0.2, 0) is 83.9 Å². The highest BCUT2D eigenvalue weighted by molar-refractivity contribution is 6.27. The average molecular weight is 1570 g/mol. The Kier molecular flexibility index (Phi) is 32.2. The molecule has 4 unspecified atom stereocenters. The molecule has 0 saturated carbocycles. The lowest BCUT2D eigenvalue weighted by atomic mass is 9.90. The Bertz CT molecular complexity index is 4690. The number of oxime groups is 4. The Morgan fingerprint density at radius 3 is 0.741 bits per heavy atom. The summed E-state index contributed by atoms with van der Waals surface area (Å²) in [6.45, 7) is 34.2. The van der Waals surface area contributed by atoms with Crippen LogP contribution in [0.15, 0.2) is 214 Å². The van der Waals surface area contributed by atoms with E-state index >= 15 is 0 Å². The number of Topliss-reactive ketones (excluding diaryl/α,β-unsaturated/α-hetero) is 4. The molecule has 0 heterocycles. The van der Waals surface area contributed by atoms with Crippen LogP contribution >= 0.6 is 0 Å². The van der Waals surface area contributed by atoms with E-state index < -0.39 is 0 Å². The summed E-state index contributed by atoms with van der Waals surface area (Å²) >= 11 is 0. The van der Waals surface area contributed by atoms with Gasteiger partial charge in [-0.3, -0.25) is 19.2 Å². The van der Waals surface area contributed by atoms with Gasteiger partial charge in [-0.1, -0.05) is 213 Å². The van der Waals surface area contributed by atoms with Gasteiger partial charge < -0.3 is 38.3 Å². The normalized spacial score (nSPS) is 17.1. The van der Waals surface area contributed by atoms with Crippen LogP contribution in [-0.4, -0.2) is 74.4 Å². The zero-order valence-corrected chi connectivity index (χ0v) is 71.6. The van der Waals surface area contributed by atoms with E-state index in [-0.39, 0.29) is 46.8 Å². The minimum atomic E-state index is -0.172. The van der Waals surface area contributed by atoms with Gasteiger partial charge in [0.1, 0.15) is 77.9 Å². The molecule has 16 nitrogen and oxygen atoms in total. The van der Waals surface area contributed by atoms with Crippen LogP contribution in [0.4, 0.5) is 0 Å². The van der Waals surface area contributed by atoms with Crippen molar-refractivity contribution >= 4 is 68.3 Å². The lowest BCUT2D eigenvalue weighted by Gasteiger charge is -2.18. The minimum Gasteiger partial charge on any atom is -0.492 e. The molecule has 0 radical (unpaired) electrons. The predicted octanol–water partition coefficient (Wildman–Crippen LogP) is 22.2. The van der Waals surface area contributed by atoms with Crippen LogP contribution < -0.4 is 0 Å². The Balaban J connectivity index is 0.000000177. The molecule has 16 heteroatoms. The number of hydrogen-bond donors (Lipinski definition) is 0. The molecule has 4 atom stereocenters. The van der Waals surface area contributed by atoms with Gasteiger partial charge in [0.15, 0.2) is 23.1 Å². The number of hydrogen-bond acceptors (Lipinski definition) is 16. The zero-order chi connectivity index (χ0) is 83.9. The number of benzene rings is 8. The number of nitrogens with zero attached hydrogens (tertiary/aromatic N) is 4. The van der Waals surface area contributed by atoms with Gasteiger partial charge in [-0.15, -0.1) is 0 Å². The van der Waals surface area contributed by atoms with Gasteiger partial charge in [0.2, 0.25) is 0 Å². The molecule has 0 fully saturated rings. The molecule has 0 bridgehead atoms. The monoisotopic (exact) mass is 1560 g/mol. The van der Waals surface area contributed by atoms with E-state index in [0.29, 0.717) is 77.8 Å². The summed E-state index contributed by atoms with van der Waals surface area (Å²) < 4.78 is 25.1. The molecule has 4 aliphatic carbocycles. The number of carbonyl (C=O) groups excluding carboxylic acids is 4. The van der Waals surface area contributed by atoms with E-state index in [2.05, 4.69) is 152 Å². The third-order valence-electron chi connectivity index (χ3n) is 21.2. The van der Waals surface area contributed by atoms with Crippen LogP contribution in [0.2, 0.25) is 0 Å². The van der Waals surface area contributed by atoms with Gasteiger partial charge in [0.05, 0.1) is 45.1 Å². The van der Waals surface area contributed by atoms with Crippen LogP contribution in [0.3, 0.4) is 0 Å². The molecular formula is C100H116N4O12. The van der Waals surface area contributed by atoms with E-state index in [1.54, 1.807) is 0 Å². The van der Waals surface area contributed by atoms with Crippen LogP contribution in [0, 0.1) is 107 Å². The Labute approximate surface area is 687 Å². The average Bonchev–Trinajstić information content (AvgIpc) is 1.64. The van der Waals surface area contributed by atoms with E-state index in [1.165, 1.54) is 50.7 Å². The summed E-state index contributed by atoms with van der Waals surface area (Å²) in [5, 5.41) is 16.1.